The smallest absolute Gasteiger partial charge is 0.0297 e. The van der Waals surface area contributed by atoms with E-state index in [4.69, 9.17) is 0 Å². The molecule has 1 N–H and O–H groups in total. The number of hydrogen-bond acceptors (Lipinski definition) is 1. The van der Waals surface area contributed by atoms with E-state index < -0.39 is 0 Å². The van der Waals surface area contributed by atoms with Gasteiger partial charge in [-0.15, -0.1) is 0 Å². The van der Waals surface area contributed by atoms with Crippen LogP contribution in [0.25, 0.3) is 0 Å². The molecule has 0 amide bonds. The highest BCUT2D eigenvalue weighted by molar-refractivity contribution is 5.28. The van der Waals surface area contributed by atoms with E-state index in [1.54, 1.807) is 0 Å². The van der Waals surface area contributed by atoms with E-state index in [1.165, 1.54) is 30.4 Å². The summed E-state index contributed by atoms with van der Waals surface area (Å²) in [4.78, 5) is 0. The second-order valence-electron chi connectivity index (χ2n) is 5.14. The van der Waals surface area contributed by atoms with Gasteiger partial charge in [-0.2, -0.15) is 0 Å². The molecular weight excluding hydrogens is 194 g/mol. The quantitative estimate of drug-likeness (QED) is 0.790. The minimum Gasteiger partial charge on any atom is -0.307 e. The average molecular weight is 217 g/mol. The predicted octanol–water partition coefficient (Wildman–Crippen LogP) is 3.83. The molecule has 1 aliphatic rings. The van der Waals surface area contributed by atoms with Crippen molar-refractivity contribution in [2.45, 2.75) is 52.1 Å². The van der Waals surface area contributed by atoms with Crippen LogP contribution in [0.2, 0.25) is 0 Å². The Balaban J connectivity index is 1.90. The third kappa shape index (κ3) is 2.65. The first kappa shape index (κ1) is 11.7. The van der Waals surface area contributed by atoms with Crippen LogP contribution in [0.4, 0.5) is 0 Å². The van der Waals surface area contributed by atoms with Crippen LogP contribution in [0, 0.1) is 12.8 Å². The largest absolute Gasteiger partial charge is 0.307 e. The van der Waals surface area contributed by atoms with Gasteiger partial charge in [0.05, 0.1) is 0 Å². The van der Waals surface area contributed by atoms with E-state index in [-0.39, 0.29) is 0 Å². The van der Waals surface area contributed by atoms with Gasteiger partial charge in [-0.1, -0.05) is 37.6 Å². The van der Waals surface area contributed by atoms with Gasteiger partial charge >= 0.3 is 0 Å². The first-order valence-electron chi connectivity index (χ1n) is 6.54. The van der Waals surface area contributed by atoms with E-state index in [1.807, 2.05) is 0 Å². The molecule has 3 atom stereocenters. The molecule has 0 radical (unpaired) electrons. The molecule has 0 aliphatic heterocycles. The molecule has 0 saturated heterocycles. The van der Waals surface area contributed by atoms with Crippen LogP contribution >= 0.6 is 0 Å². The molecule has 3 unspecified atom stereocenters. The molecule has 0 aromatic heterocycles. The number of rotatable bonds is 5. The monoisotopic (exact) mass is 217 g/mol. The van der Waals surface area contributed by atoms with Crippen LogP contribution < -0.4 is 5.32 Å². The Hall–Kier alpha value is -0.820. The van der Waals surface area contributed by atoms with E-state index in [0.717, 1.165) is 12.0 Å². The van der Waals surface area contributed by atoms with Gasteiger partial charge in [0.25, 0.3) is 0 Å². The summed E-state index contributed by atoms with van der Waals surface area (Å²) >= 11 is 0. The number of nitrogens with one attached hydrogen (secondary N) is 1. The maximum absolute atomic E-state index is 3.75. The predicted molar refractivity (Wildman–Crippen MR) is 69.5 cm³/mol. The number of benzene rings is 1. The van der Waals surface area contributed by atoms with Gasteiger partial charge in [0.15, 0.2) is 0 Å². The second kappa shape index (κ2) is 5.01. The fraction of sp³-hybridized carbons (Fsp3) is 0.600. The summed E-state index contributed by atoms with van der Waals surface area (Å²) < 4.78 is 0. The molecular formula is C15H23N. The molecule has 0 bridgehead atoms. The van der Waals surface area contributed by atoms with E-state index in [2.05, 4.69) is 50.4 Å². The topological polar surface area (TPSA) is 12.0 Å². The van der Waals surface area contributed by atoms with Crippen molar-refractivity contribution in [3.8, 4) is 0 Å². The van der Waals surface area contributed by atoms with E-state index in [0.29, 0.717) is 6.04 Å². The molecule has 88 valence electrons. The lowest BCUT2D eigenvalue weighted by Gasteiger charge is -2.16. The maximum atomic E-state index is 3.75. The van der Waals surface area contributed by atoms with Crippen molar-refractivity contribution in [3.05, 3.63) is 35.4 Å². The van der Waals surface area contributed by atoms with Crippen LogP contribution in [0.5, 0.6) is 0 Å². The molecule has 1 saturated carbocycles. The standard InChI is InChI=1S/C15H23N/c1-4-7-13-10-15(13)16-12(3)14-9-6-5-8-11(14)2/h5-6,8-9,12-13,15-16H,4,7,10H2,1-3H3. The highest BCUT2D eigenvalue weighted by Gasteiger charge is 2.36. The van der Waals surface area contributed by atoms with Gasteiger partial charge < -0.3 is 5.32 Å². The summed E-state index contributed by atoms with van der Waals surface area (Å²) in [7, 11) is 0. The van der Waals surface area contributed by atoms with Crippen molar-refractivity contribution < 1.29 is 0 Å². The summed E-state index contributed by atoms with van der Waals surface area (Å²) in [5, 5.41) is 3.75. The second-order valence-corrected chi connectivity index (χ2v) is 5.14. The fourth-order valence-corrected chi connectivity index (χ4v) is 2.63. The van der Waals surface area contributed by atoms with Crippen molar-refractivity contribution in [1.82, 2.24) is 5.32 Å². The zero-order valence-corrected chi connectivity index (χ0v) is 10.7. The van der Waals surface area contributed by atoms with Gasteiger partial charge in [0.1, 0.15) is 0 Å². The van der Waals surface area contributed by atoms with Crippen LogP contribution in [0.15, 0.2) is 24.3 Å². The number of hydrogen-bond donors (Lipinski definition) is 1. The highest BCUT2D eigenvalue weighted by atomic mass is 15.0. The van der Waals surface area contributed by atoms with Crippen LogP contribution in [0.3, 0.4) is 0 Å². The molecule has 1 heteroatoms. The third-order valence-electron chi connectivity index (χ3n) is 3.70. The average Bonchev–Trinajstić information content (AvgIpc) is 2.97. The van der Waals surface area contributed by atoms with Crippen LogP contribution in [0.1, 0.15) is 50.3 Å². The van der Waals surface area contributed by atoms with Gasteiger partial charge in [0, 0.05) is 12.1 Å². The normalized spacial score (nSPS) is 25.4. The van der Waals surface area contributed by atoms with Gasteiger partial charge in [-0.3, -0.25) is 0 Å². The molecule has 1 nitrogen and oxygen atoms in total. The summed E-state index contributed by atoms with van der Waals surface area (Å²) in [6, 6.07) is 9.95. The van der Waals surface area contributed by atoms with Crippen molar-refractivity contribution in [3.63, 3.8) is 0 Å². The fourth-order valence-electron chi connectivity index (χ4n) is 2.63. The highest BCUT2D eigenvalue weighted by Crippen LogP contribution is 2.36. The lowest BCUT2D eigenvalue weighted by atomic mass is 10.0. The van der Waals surface area contributed by atoms with E-state index >= 15 is 0 Å². The summed E-state index contributed by atoms with van der Waals surface area (Å²) in [5.41, 5.74) is 2.85. The molecule has 1 aromatic rings. The van der Waals surface area contributed by atoms with Crippen LogP contribution in [-0.4, -0.2) is 6.04 Å². The molecule has 1 fully saturated rings. The van der Waals surface area contributed by atoms with Gasteiger partial charge in [-0.05, 0) is 43.7 Å². The Morgan fingerprint density at radius 2 is 2.12 bits per heavy atom. The number of aryl methyl sites for hydroxylation is 1. The van der Waals surface area contributed by atoms with Crippen molar-refractivity contribution in [1.29, 1.82) is 0 Å². The zero-order chi connectivity index (χ0) is 11.5. The Morgan fingerprint density at radius 3 is 2.81 bits per heavy atom. The summed E-state index contributed by atoms with van der Waals surface area (Å²) in [5.74, 6) is 0.941. The minimum absolute atomic E-state index is 0.494. The van der Waals surface area contributed by atoms with Crippen molar-refractivity contribution in [2.75, 3.05) is 0 Å². The Kier molecular flexibility index (Phi) is 3.65. The summed E-state index contributed by atoms with van der Waals surface area (Å²) in [6.45, 7) is 6.76. The Morgan fingerprint density at radius 1 is 1.38 bits per heavy atom. The van der Waals surface area contributed by atoms with Gasteiger partial charge in [0.2, 0.25) is 0 Å². The first-order valence-corrected chi connectivity index (χ1v) is 6.54. The molecule has 2 rings (SSSR count). The molecule has 16 heavy (non-hydrogen) atoms. The minimum atomic E-state index is 0.494. The molecule has 1 aromatic carbocycles. The summed E-state index contributed by atoms with van der Waals surface area (Å²) in [6.07, 6.45) is 4.09. The first-order chi connectivity index (χ1) is 7.72. The SMILES string of the molecule is CCCC1CC1NC(C)c1ccccc1C. The Labute approximate surface area is 99.3 Å². The lowest BCUT2D eigenvalue weighted by molar-refractivity contribution is 0.528. The third-order valence-corrected chi connectivity index (χ3v) is 3.70. The van der Waals surface area contributed by atoms with Crippen LogP contribution in [-0.2, 0) is 0 Å². The maximum Gasteiger partial charge on any atom is 0.0297 e. The van der Waals surface area contributed by atoms with Crippen molar-refractivity contribution >= 4 is 0 Å². The molecule has 1 aliphatic carbocycles. The molecule has 0 spiro atoms. The molecule has 0 heterocycles. The van der Waals surface area contributed by atoms with Gasteiger partial charge in [-0.25, -0.2) is 0 Å². The Bertz CT molecular complexity index is 345. The lowest BCUT2D eigenvalue weighted by Crippen LogP contribution is -2.23. The van der Waals surface area contributed by atoms with E-state index in [9.17, 15) is 0 Å². The van der Waals surface area contributed by atoms with Crippen molar-refractivity contribution in [2.24, 2.45) is 5.92 Å². The zero-order valence-electron chi connectivity index (χ0n) is 10.7.